The zero-order valence-corrected chi connectivity index (χ0v) is 11.3. The molecule has 96 valence electrons. The number of rotatable bonds is 0. The molecule has 0 saturated heterocycles. The van der Waals surface area contributed by atoms with Crippen molar-refractivity contribution >= 4 is 5.57 Å². The summed E-state index contributed by atoms with van der Waals surface area (Å²) in [7, 11) is 0. The molecule has 1 aromatic rings. The zero-order chi connectivity index (χ0) is 13.4. The van der Waals surface area contributed by atoms with Gasteiger partial charge in [0, 0.05) is 5.92 Å². The second-order valence-corrected chi connectivity index (χ2v) is 5.36. The first-order valence-electron chi connectivity index (χ1n) is 7.17. The van der Waals surface area contributed by atoms with Crippen molar-refractivity contribution in [2.24, 2.45) is 0 Å². The SMILES string of the molecule is C1=CC=C2C=CC=CCC3C2=C(C=C1)c1ccccc13. The normalized spacial score (nSPS) is 22.6. The molecule has 0 amide bonds. The Labute approximate surface area is 119 Å². The molecule has 0 heterocycles. The van der Waals surface area contributed by atoms with Crippen molar-refractivity contribution in [3.63, 3.8) is 0 Å². The van der Waals surface area contributed by atoms with E-state index in [9.17, 15) is 0 Å². The molecule has 3 aliphatic carbocycles. The smallest absolute Gasteiger partial charge is 0.0142 e. The third kappa shape index (κ3) is 1.69. The predicted molar refractivity (Wildman–Crippen MR) is 85.4 cm³/mol. The molecule has 0 spiro atoms. The maximum atomic E-state index is 2.28. The van der Waals surface area contributed by atoms with Gasteiger partial charge in [-0.05, 0) is 34.3 Å². The fourth-order valence-corrected chi connectivity index (χ4v) is 3.38. The van der Waals surface area contributed by atoms with Crippen molar-refractivity contribution in [3.05, 3.63) is 101 Å². The molecule has 0 N–H and O–H groups in total. The standard InChI is InChI=1S/C20H16/c1-3-9-15-10-4-2-6-14-19-17-12-8-7-11-16(17)18(13-5-1)20(15)19/h1-13,19H,14H2. The topological polar surface area (TPSA) is 0 Å². The number of allylic oxidation sites excluding steroid dienone is 12. The van der Waals surface area contributed by atoms with Crippen LogP contribution >= 0.6 is 0 Å². The van der Waals surface area contributed by atoms with Gasteiger partial charge in [0.1, 0.15) is 0 Å². The van der Waals surface area contributed by atoms with Crippen LogP contribution in [0.1, 0.15) is 23.5 Å². The Kier molecular flexibility index (Phi) is 2.67. The molecule has 3 aliphatic rings. The minimum atomic E-state index is 0.491. The summed E-state index contributed by atoms with van der Waals surface area (Å²) >= 11 is 0. The summed E-state index contributed by atoms with van der Waals surface area (Å²) in [5.74, 6) is 0.491. The molecule has 1 unspecified atom stereocenters. The number of hydrogen-bond acceptors (Lipinski definition) is 0. The van der Waals surface area contributed by atoms with Crippen molar-refractivity contribution < 1.29 is 0 Å². The molecule has 1 aromatic carbocycles. The summed E-state index contributed by atoms with van der Waals surface area (Å²) < 4.78 is 0. The Morgan fingerprint density at radius 2 is 1.75 bits per heavy atom. The minimum absolute atomic E-state index is 0.491. The van der Waals surface area contributed by atoms with Crippen LogP contribution in [0.15, 0.2) is 90.1 Å². The lowest BCUT2D eigenvalue weighted by Crippen LogP contribution is -2.01. The molecule has 0 nitrogen and oxygen atoms in total. The van der Waals surface area contributed by atoms with Crippen LogP contribution < -0.4 is 0 Å². The highest BCUT2D eigenvalue weighted by molar-refractivity contribution is 5.89. The monoisotopic (exact) mass is 256 g/mol. The van der Waals surface area contributed by atoms with Gasteiger partial charge in [0.15, 0.2) is 0 Å². The molecule has 4 rings (SSSR count). The largest absolute Gasteiger partial charge is 0.0836 e. The van der Waals surface area contributed by atoms with Gasteiger partial charge < -0.3 is 0 Å². The molecule has 0 saturated carbocycles. The highest BCUT2D eigenvalue weighted by Gasteiger charge is 2.30. The summed E-state index contributed by atoms with van der Waals surface area (Å²) in [5.41, 5.74) is 7.07. The fraction of sp³-hybridized carbons (Fsp3) is 0.100. The molecular formula is C20H16. The van der Waals surface area contributed by atoms with Crippen LogP contribution in [-0.2, 0) is 0 Å². The Bertz CT molecular complexity index is 733. The van der Waals surface area contributed by atoms with Crippen LogP contribution in [0.3, 0.4) is 0 Å². The summed E-state index contributed by atoms with van der Waals surface area (Å²) in [4.78, 5) is 0. The van der Waals surface area contributed by atoms with E-state index in [1.165, 1.54) is 27.8 Å². The van der Waals surface area contributed by atoms with Crippen molar-refractivity contribution in [1.82, 2.24) is 0 Å². The van der Waals surface area contributed by atoms with E-state index in [4.69, 9.17) is 0 Å². The zero-order valence-electron chi connectivity index (χ0n) is 11.3. The number of hydrogen-bond donors (Lipinski definition) is 0. The van der Waals surface area contributed by atoms with Crippen LogP contribution in [0.2, 0.25) is 0 Å². The Morgan fingerprint density at radius 3 is 2.75 bits per heavy atom. The summed E-state index contributed by atoms with van der Waals surface area (Å²) in [6.07, 6.45) is 20.8. The van der Waals surface area contributed by atoms with E-state index in [1.54, 1.807) is 0 Å². The molecule has 0 aromatic heterocycles. The highest BCUT2D eigenvalue weighted by atomic mass is 14.3. The first-order valence-corrected chi connectivity index (χ1v) is 7.17. The van der Waals surface area contributed by atoms with Gasteiger partial charge >= 0.3 is 0 Å². The van der Waals surface area contributed by atoms with E-state index in [1.807, 2.05) is 0 Å². The lowest BCUT2D eigenvalue weighted by molar-refractivity contribution is 0.837. The predicted octanol–water partition coefficient (Wildman–Crippen LogP) is 5.11. The first-order chi connectivity index (χ1) is 9.95. The lowest BCUT2D eigenvalue weighted by atomic mass is 9.86. The average Bonchev–Trinajstić information content (AvgIpc) is 2.72. The van der Waals surface area contributed by atoms with Gasteiger partial charge in [0.05, 0.1) is 0 Å². The van der Waals surface area contributed by atoms with E-state index in [2.05, 4.69) is 78.9 Å². The van der Waals surface area contributed by atoms with Crippen LogP contribution in [0.25, 0.3) is 5.57 Å². The van der Waals surface area contributed by atoms with Crippen molar-refractivity contribution in [2.45, 2.75) is 12.3 Å². The Morgan fingerprint density at radius 1 is 0.850 bits per heavy atom. The molecule has 0 heteroatoms. The maximum Gasteiger partial charge on any atom is 0.0142 e. The second-order valence-electron chi connectivity index (χ2n) is 5.36. The molecule has 0 radical (unpaired) electrons. The summed E-state index contributed by atoms with van der Waals surface area (Å²) in [6.45, 7) is 0. The minimum Gasteiger partial charge on any atom is -0.0836 e. The average molecular weight is 256 g/mol. The van der Waals surface area contributed by atoms with Gasteiger partial charge in [-0.1, -0.05) is 78.9 Å². The summed E-state index contributed by atoms with van der Waals surface area (Å²) in [5, 5.41) is 0. The Balaban J connectivity index is 2.02. The quantitative estimate of drug-likeness (QED) is 0.605. The van der Waals surface area contributed by atoms with Gasteiger partial charge in [-0.25, -0.2) is 0 Å². The highest BCUT2D eigenvalue weighted by Crippen LogP contribution is 2.48. The van der Waals surface area contributed by atoms with Crippen LogP contribution in [-0.4, -0.2) is 0 Å². The molecule has 0 aliphatic heterocycles. The maximum absolute atomic E-state index is 2.28. The molecule has 0 bridgehead atoms. The van der Waals surface area contributed by atoms with Gasteiger partial charge in [-0.2, -0.15) is 0 Å². The van der Waals surface area contributed by atoms with Crippen LogP contribution in [0.5, 0.6) is 0 Å². The summed E-state index contributed by atoms with van der Waals surface area (Å²) in [6, 6.07) is 8.83. The van der Waals surface area contributed by atoms with Crippen LogP contribution in [0, 0.1) is 0 Å². The van der Waals surface area contributed by atoms with E-state index < -0.39 is 0 Å². The van der Waals surface area contributed by atoms with Gasteiger partial charge in [-0.3, -0.25) is 0 Å². The van der Waals surface area contributed by atoms with E-state index in [0.717, 1.165) is 6.42 Å². The van der Waals surface area contributed by atoms with Gasteiger partial charge in [-0.15, -0.1) is 0 Å². The number of fused-ring (bicyclic) bond motifs is 3. The van der Waals surface area contributed by atoms with E-state index in [-0.39, 0.29) is 0 Å². The van der Waals surface area contributed by atoms with Gasteiger partial charge in [0.25, 0.3) is 0 Å². The third-order valence-electron chi connectivity index (χ3n) is 4.23. The number of benzene rings is 1. The van der Waals surface area contributed by atoms with E-state index >= 15 is 0 Å². The van der Waals surface area contributed by atoms with Crippen molar-refractivity contribution in [1.29, 1.82) is 0 Å². The molecule has 0 fully saturated rings. The van der Waals surface area contributed by atoms with Crippen LogP contribution in [0.4, 0.5) is 0 Å². The van der Waals surface area contributed by atoms with Crippen molar-refractivity contribution in [3.8, 4) is 0 Å². The lowest BCUT2D eigenvalue weighted by Gasteiger charge is -2.18. The third-order valence-corrected chi connectivity index (χ3v) is 4.23. The van der Waals surface area contributed by atoms with Crippen molar-refractivity contribution in [2.75, 3.05) is 0 Å². The first kappa shape index (κ1) is 11.5. The molecule has 20 heavy (non-hydrogen) atoms. The molecular weight excluding hydrogens is 240 g/mol. The van der Waals surface area contributed by atoms with Gasteiger partial charge in [0.2, 0.25) is 0 Å². The fourth-order valence-electron chi connectivity index (χ4n) is 3.38. The second kappa shape index (κ2) is 4.64. The Hall–Kier alpha value is -2.34. The molecule has 1 atom stereocenters. The van der Waals surface area contributed by atoms with E-state index in [0.29, 0.717) is 5.92 Å².